The lowest BCUT2D eigenvalue weighted by molar-refractivity contribution is -0.384. The smallest absolute Gasteiger partial charge is 0.322 e. The van der Waals surface area contributed by atoms with Crippen LogP contribution in [0.15, 0.2) is 47.3 Å². The van der Waals surface area contributed by atoms with Gasteiger partial charge in [0.2, 0.25) is 0 Å². The van der Waals surface area contributed by atoms with E-state index in [9.17, 15) is 19.7 Å². The summed E-state index contributed by atoms with van der Waals surface area (Å²) in [5.74, 6) is -0.384. The van der Waals surface area contributed by atoms with Gasteiger partial charge in [-0.1, -0.05) is 0 Å². The van der Waals surface area contributed by atoms with Crippen LogP contribution in [0.5, 0.6) is 0 Å². The molecule has 0 unspecified atom stereocenters. The van der Waals surface area contributed by atoms with Crippen LogP contribution in [0.2, 0.25) is 0 Å². The molecule has 24 heavy (non-hydrogen) atoms. The number of aromatic nitrogens is 2. The first-order valence-corrected chi connectivity index (χ1v) is 7.10. The average Bonchev–Trinajstić information content (AvgIpc) is 2.79. The molecule has 0 saturated carbocycles. The van der Waals surface area contributed by atoms with Gasteiger partial charge in [-0.3, -0.25) is 24.0 Å². The van der Waals surface area contributed by atoms with Gasteiger partial charge in [-0.05, 0) is 30.3 Å². The van der Waals surface area contributed by atoms with Crippen LogP contribution in [0.1, 0.15) is 10.4 Å². The summed E-state index contributed by atoms with van der Waals surface area (Å²) in [5.41, 5.74) is 2.07. The molecule has 0 spiro atoms. The van der Waals surface area contributed by atoms with Crippen LogP contribution in [0, 0.1) is 10.1 Å². The number of nitro groups is 1. The minimum absolute atomic E-state index is 0.0766. The summed E-state index contributed by atoms with van der Waals surface area (Å²) >= 11 is 0. The number of carbonyl (C=O) groups is 1. The second kappa shape index (κ2) is 5.65. The molecule has 122 valence electrons. The lowest BCUT2D eigenvalue weighted by Gasteiger charge is -2.06. The molecule has 1 N–H and O–H groups in total. The molecule has 0 atom stereocenters. The number of non-ortho nitro benzene ring substituents is 1. The number of hydrogen-bond donors (Lipinski definition) is 1. The van der Waals surface area contributed by atoms with Gasteiger partial charge >= 0.3 is 5.69 Å². The first-order chi connectivity index (χ1) is 11.4. The van der Waals surface area contributed by atoms with E-state index in [4.69, 9.17) is 0 Å². The van der Waals surface area contributed by atoms with E-state index in [0.717, 1.165) is 5.52 Å². The molecule has 1 heterocycles. The fourth-order valence-electron chi connectivity index (χ4n) is 2.52. The molecule has 8 heteroatoms. The number of nitro benzene ring substituents is 1. The van der Waals surface area contributed by atoms with Gasteiger partial charge < -0.3 is 5.32 Å². The van der Waals surface area contributed by atoms with Gasteiger partial charge in [0.25, 0.3) is 11.6 Å². The van der Waals surface area contributed by atoms with Crippen LogP contribution >= 0.6 is 0 Å². The molecule has 2 aromatic carbocycles. The maximum atomic E-state index is 12.2. The summed E-state index contributed by atoms with van der Waals surface area (Å²) in [6.07, 6.45) is 0. The summed E-state index contributed by atoms with van der Waals surface area (Å²) < 4.78 is 3.02. The highest BCUT2D eigenvalue weighted by Gasteiger charge is 2.12. The molecular weight excluding hydrogens is 312 g/mol. The average molecular weight is 326 g/mol. The molecule has 0 bridgehead atoms. The van der Waals surface area contributed by atoms with Crippen molar-refractivity contribution in [2.75, 3.05) is 5.32 Å². The predicted octanol–water partition coefficient (Wildman–Crippen LogP) is 2.04. The Balaban J connectivity index is 1.89. The van der Waals surface area contributed by atoms with E-state index >= 15 is 0 Å². The SMILES string of the molecule is Cn1c(=O)n(C)c2cc(NC(=O)c3ccc([N+](=O)[O-])cc3)ccc21. The van der Waals surface area contributed by atoms with Crippen molar-refractivity contribution >= 4 is 28.3 Å². The molecule has 0 radical (unpaired) electrons. The van der Waals surface area contributed by atoms with Crippen LogP contribution < -0.4 is 11.0 Å². The van der Waals surface area contributed by atoms with Crippen molar-refractivity contribution in [1.82, 2.24) is 9.13 Å². The summed E-state index contributed by atoms with van der Waals surface area (Å²) in [4.78, 5) is 34.3. The van der Waals surface area contributed by atoms with Gasteiger partial charge in [0.1, 0.15) is 0 Å². The molecule has 0 saturated heterocycles. The Morgan fingerprint density at radius 2 is 1.67 bits per heavy atom. The maximum Gasteiger partial charge on any atom is 0.328 e. The molecule has 8 nitrogen and oxygen atoms in total. The monoisotopic (exact) mass is 326 g/mol. The number of rotatable bonds is 3. The lowest BCUT2D eigenvalue weighted by atomic mass is 10.2. The Bertz CT molecular complexity index is 1010. The van der Waals surface area contributed by atoms with E-state index in [1.807, 2.05) is 0 Å². The minimum Gasteiger partial charge on any atom is -0.322 e. The highest BCUT2D eigenvalue weighted by molar-refractivity contribution is 6.05. The Morgan fingerprint density at radius 3 is 2.29 bits per heavy atom. The van der Waals surface area contributed by atoms with Gasteiger partial charge in [0.05, 0.1) is 16.0 Å². The van der Waals surface area contributed by atoms with Crippen molar-refractivity contribution in [3.05, 3.63) is 68.6 Å². The van der Waals surface area contributed by atoms with E-state index < -0.39 is 4.92 Å². The molecule has 0 aliphatic heterocycles. The standard InChI is InChI=1S/C16H14N4O4/c1-18-13-8-5-11(9-14(13)19(2)16(18)22)17-15(21)10-3-6-12(7-4-10)20(23)24/h3-9H,1-2H3,(H,17,21). The first kappa shape index (κ1) is 15.5. The fraction of sp³-hybridized carbons (Fsp3) is 0.125. The van der Waals surface area contributed by atoms with Crippen LogP contribution in [0.4, 0.5) is 11.4 Å². The topological polar surface area (TPSA) is 99.2 Å². The fourth-order valence-corrected chi connectivity index (χ4v) is 2.52. The van der Waals surface area contributed by atoms with Gasteiger partial charge in [-0.2, -0.15) is 0 Å². The van der Waals surface area contributed by atoms with Crippen molar-refractivity contribution in [2.24, 2.45) is 14.1 Å². The van der Waals surface area contributed by atoms with Gasteiger partial charge in [-0.15, -0.1) is 0 Å². The summed E-state index contributed by atoms with van der Waals surface area (Å²) in [6, 6.07) is 10.5. The number of anilines is 1. The van der Waals surface area contributed by atoms with E-state index in [1.165, 1.54) is 33.4 Å². The van der Waals surface area contributed by atoms with Crippen LogP contribution in [0.3, 0.4) is 0 Å². The summed E-state index contributed by atoms with van der Waals surface area (Å²) in [7, 11) is 3.34. The molecule has 0 fully saturated rings. The first-order valence-electron chi connectivity index (χ1n) is 7.10. The third-order valence-corrected chi connectivity index (χ3v) is 3.87. The van der Waals surface area contributed by atoms with Crippen LogP contribution in [-0.4, -0.2) is 20.0 Å². The number of imidazole rings is 1. The number of nitrogens with zero attached hydrogens (tertiary/aromatic N) is 3. The quantitative estimate of drug-likeness (QED) is 0.588. The number of fused-ring (bicyclic) bond motifs is 1. The van der Waals surface area contributed by atoms with E-state index in [-0.39, 0.29) is 17.3 Å². The summed E-state index contributed by atoms with van der Waals surface area (Å²) in [6.45, 7) is 0. The van der Waals surface area contributed by atoms with Crippen molar-refractivity contribution in [1.29, 1.82) is 0 Å². The molecule has 3 aromatic rings. The highest BCUT2D eigenvalue weighted by atomic mass is 16.6. The molecule has 3 rings (SSSR count). The van der Waals surface area contributed by atoms with Gasteiger partial charge in [0.15, 0.2) is 0 Å². The second-order valence-electron chi connectivity index (χ2n) is 5.36. The molecule has 1 amide bonds. The number of nitrogens with one attached hydrogen (secondary N) is 1. The largest absolute Gasteiger partial charge is 0.328 e. The third-order valence-electron chi connectivity index (χ3n) is 3.87. The predicted molar refractivity (Wildman–Crippen MR) is 89.2 cm³/mol. The molecule has 1 aromatic heterocycles. The van der Waals surface area contributed by atoms with E-state index in [1.54, 1.807) is 32.3 Å². The zero-order valence-electron chi connectivity index (χ0n) is 13.0. The Morgan fingerprint density at radius 1 is 1.04 bits per heavy atom. The Kier molecular flexibility index (Phi) is 3.64. The summed E-state index contributed by atoms with van der Waals surface area (Å²) in [5, 5.41) is 13.4. The number of aryl methyl sites for hydroxylation is 2. The van der Waals surface area contributed by atoms with Crippen molar-refractivity contribution in [2.45, 2.75) is 0 Å². The van der Waals surface area contributed by atoms with E-state index in [2.05, 4.69) is 5.32 Å². The number of benzene rings is 2. The Hall–Kier alpha value is -3.42. The van der Waals surface area contributed by atoms with Gasteiger partial charge in [-0.25, -0.2) is 4.79 Å². The number of hydrogen-bond acceptors (Lipinski definition) is 4. The van der Waals surface area contributed by atoms with Crippen molar-refractivity contribution in [3.63, 3.8) is 0 Å². The van der Waals surface area contributed by atoms with Crippen LogP contribution in [0.25, 0.3) is 11.0 Å². The van der Waals surface area contributed by atoms with Crippen molar-refractivity contribution in [3.8, 4) is 0 Å². The highest BCUT2D eigenvalue weighted by Crippen LogP contribution is 2.19. The Labute approximate surface area is 136 Å². The van der Waals surface area contributed by atoms with Crippen molar-refractivity contribution < 1.29 is 9.72 Å². The lowest BCUT2D eigenvalue weighted by Crippen LogP contribution is -2.19. The second-order valence-corrected chi connectivity index (χ2v) is 5.36. The molecule has 0 aliphatic rings. The minimum atomic E-state index is -0.522. The van der Waals surface area contributed by atoms with Gasteiger partial charge in [0, 0.05) is 37.5 Å². The number of amides is 1. The van der Waals surface area contributed by atoms with E-state index in [0.29, 0.717) is 16.8 Å². The van der Waals surface area contributed by atoms with Crippen LogP contribution in [-0.2, 0) is 14.1 Å². The molecular formula is C16H14N4O4. The zero-order valence-corrected chi connectivity index (χ0v) is 13.0. The molecule has 0 aliphatic carbocycles. The third kappa shape index (κ3) is 2.54. The zero-order chi connectivity index (χ0) is 17.4. The maximum absolute atomic E-state index is 12.2. The number of carbonyl (C=O) groups excluding carboxylic acids is 1. The normalized spacial score (nSPS) is 10.8.